The number of piperidine rings is 1. The van der Waals surface area contributed by atoms with E-state index in [1.807, 2.05) is 64.1 Å². The molecule has 4 heterocycles. The van der Waals surface area contributed by atoms with Crippen molar-refractivity contribution in [2.45, 2.75) is 18.9 Å². The van der Waals surface area contributed by atoms with Crippen LogP contribution in [0, 0.1) is 0 Å². The number of aromatic nitrogens is 6. The molecule has 1 saturated heterocycles. The molecule has 0 unspecified atom stereocenters. The second kappa shape index (κ2) is 7.31. The first kappa shape index (κ1) is 18.8. The first-order valence-electron chi connectivity index (χ1n) is 10.7. The van der Waals surface area contributed by atoms with Crippen LogP contribution in [-0.4, -0.2) is 42.8 Å². The fraction of sp³-hybridized carbons (Fsp3) is 0.217. The number of benzene rings is 2. The maximum atomic E-state index is 12.7. The molecule has 0 radical (unpaired) electrons. The second-order valence-electron chi connectivity index (χ2n) is 8.13. The minimum atomic E-state index is -0.279. The van der Waals surface area contributed by atoms with Crippen LogP contribution in [0.25, 0.3) is 38.8 Å². The number of nitrogens with zero attached hydrogens (tertiary/aromatic N) is 5. The van der Waals surface area contributed by atoms with Crippen LogP contribution in [0.15, 0.2) is 59.5 Å². The summed E-state index contributed by atoms with van der Waals surface area (Å²) in [4.78, 5) is 12.7. The summed E-state index contributed by atoms with van der Waals surface area (Å²) in [6, 6.07) is 16.1. The van der Waals surface area contributed by atoms with Crippen molar-refractivity contribution in [1.29, 1.82) is 0 Å². The highest BCUT2D eigenvalue weighted by Crippen LogP contribution is 2.32. The van der Waals surface area contributed by atoms with Crippen LogP contribution >= 0.6 is 0 Å². The summed E-state index contributed by atoms with van der Waals surface area (Å²) in [6.07, 6.45) is 4.00. The van der Waals surface area contributed by atoms with Gasteiger partial charge in [-0.1, -0.05) is 30.3 Å². The van der Waals surface area contributed by atoms with Gasteiger partial charge in [0.2, 0.25) is 0 Å². The van der Waals surface area contributed by atoms with Gasteiger partial charge in [0.15, 0.2) is 5.82 Å². The minimum Gasteiger partial charge on any atom is -0.382 e. The summed E-state index contributed by atoms with van der Waals surface area (Å²) < 4.78 is 3.68. The van der Waals surface area contributed by atoms with Crippen molar-refractivity contribution in [2.75, 3.05) is 18.8 Å². The molecule has 2 aromatic carbocycles. The Morgan fingerprint density at radius 3 is 2.69 bits per heavy atom. The molecule has 3 aromatic heterocycles. The van der Waals surface area contributed by atoms with Gasteiger partial charge < -0.3 is 11.1 Å². The zero-order valence-electron chi connectivity index (χ0n) is 17.3. The van der Waals surface area contributed by atoms with Gasteiger partial charge in [0.05, 0.1) is 22.6 Å². The van der Waals surface area contributed by atoms with E-state index in [1.165, 1.54) is 0 Å². The van der Waals surface area contributed by atoms with Crippen LogP contribution in [0.5, 0.6) is 0 Å². The lowest BCUT2D eigenvalue weighted by molar-refractivity contribution is 0.355. The molecule has 6 rings (SSSR count). The quantitative estimate of drug-likeness (QED) is 0.408. The van der Waals surface area contributed by atoms with E-state index in [0.29, 0.717) is 16.6 Å². The van der Waals surface area contributed by atoms with Gasteiger partial charge in [-0.25, -0.2) is 9.78 Å². The van der Waals surface area contributed by atoms with E-state index < -0.39 is 0 Å². The van der Waals surface area contributed by atoms with E-state index in [4.69, 9.17) is 10.8 Å². The zero-order valence-corrected chi connectivity index (χ0v) is 17.3. The lowest BCUT2D eigenvalue weighted by Crippen LogP contribution is -2.33. The summed E-state index contributed by atoms with van der Waals surface area (Å²) in [5, 5.41) is 21.1. The first-order valence-corrected chi connectivity index (χ1v) is 10.7. The largest absolute Gasteiger partial charge is 0.382 e. The fourth-order valence-electron chi connectivity index (χ4n) is 4.49. The Kier molecular flexibility index (Phi) is 4.29. The summed E-state index contributed by atoms with van der Waals surface area (Å²) in [5.74, 6) is 0.270. The Balaban J connectivity index is 1.46. The molecule has 9 heteroatoms. The van der Waals surface area contributed by atoms with Crippen molar-refractivity contribution in [2.24, 2.45) is 0 Å². The minimum absolute atomic E-state index is 0.0960. The first-order chi connectivity index (χ1) is 15.7. The molecule has 0 spiro atoms. The molecule has 1 aliphatic heterocycles. The van der Waals surface area contributed by atoms with Crippen LogP contribution < -0.4 is 16.6 Å². The van der Waals surface area contributed by atoms with Crippen molar-refractivity contribution < 1.29 is 0 Å². The van der Waals surface area contributed by atoms with Crippen LogP contribution in [0.3, 0.4) is 0 Å². The van der Waals surface area contributed by atoms with Gasteiger partial charge in [-0.05, 0) is 37.6 Å². The van der Waals surface area contributed by atoms with Gasteiger partial charge in [0, 0.05) is 23.7 Å². The smallest absolute Gasteiger partial charge is 0.290 e. The molecule has 0 aliphatic carbocycles. The Labute approximate surface area is 182 Å². The molecule has 4 N–H and O–H groups in total. The van der Waals surface area contributed by atoms with Crippen LogP contribution in [-0.2, 0) is 0 Å². The van der Waals surface area contributed by atoms with Crippen LogP contribution in [0.2, 0.25) is 0 Å². The van der Waals surface area contributed by atoms with Crippen molar-refractivity contribution in [3.05, 3.63) is 65.1 Å². The van der Waals surface area contributed by atoms with Crippen LogP contribution in [0.4, 0.5) is 5.82 Å². The predicted molar refractivity (Wildman–Crippen MR) is 124 cm³/mol. The van der Waals surface area contributed by atoms with E-state index in [9.17, 15) is 4.79 Å². The normalized spacial score (nSPS) is 16.7. The van der Waals surface area contributed by atoms with E-state index in [2.05, 4.69) is 20.6 Å². The highest BCUT2D eigenvalue weighted by atomic mass is 16.1. The maximum Gasteiger partial charge on any atom is 0.290 e. The molecular formula is C23H22N8O. The molecule has 0 bridgehead atoms. The Bertz CT molecular complexity index is 1460. The van der Waals surface area contributed by atoms with E-state index in [0.717, 1.165) is 48.1 Å². The van der Waals surface area contributed by atoms with Gasteiger partial charge in [-0.15, -0.1) is 0 Å². The number of rotatable bonds is 3. The number of nitrogens with one attached hydrogen (secondary N) is 2. The van der Waals surface area contributed by atoms with Crippen molar-refractivity contribution in [3.63, 3.8) is 0 Å². The molecule has 1 fully saturated rings. The van der Waals surface area contributed by atoms with Gasteiger partial charge in [-0.3, -0.25) is 9.48 Å². The number of H-pyrrole nitrogens is 1. The number of nitrogen functional groups attached to an aromatic ring is 1. The number of anilines is 1. The molecule has 160 valence electrons. The van der Waals surface area contributed by atoms with Crippen LogP contribution in [0.1, 0.15) is 18.9 Å². The third kappa shape index (κ3) is 2.97. The standard InChI is InChI=1S/C23H22N8O/c24-22-19-20(29-31(17-5-3-11-25-12-17)21(19)23(32)27-26-22)14-7-9-16(10-8-14)30-13-15-4-1-2-6-18(15)28-30/h1-2,4,6-10,13,17,25H,3,5,11-12H2,(H2,24,26)(H,27,32)/t17-/m1/s1. The number of nitrogens with two attached hydrogens (primary N) is 1. The third-order valence-corrected chi connectivity index (χ3v) is 6.10. The second-order valence-corrected chi connectivity index (χ2v) is 8.13. The maximum absolute atomic E-state index is 12.7. The van der Waals surface area contributed by atoms with Gasteiger partial charge >= 0.3 is 0 Å². The fourth-order valence-corrected chi connectivity index (χ4v) is 4.49. The topological polar surface area (TPSA) is 119 Å². The molecule has 5 aromatic rings. The zero-order chi connectivity index (χ0) is 21.7. The Hall–Kier alpha value is -3.98. The Morgan fingerprint density at radius 1 is 1.06 bits per heavy atom. The predicted octanol–water partition coefficient (Wildman–Crippen LogP) is 2.63. The average Bonchev–Trinajstić information content (AvgIpc) is 3.45. The van der Waals surface area contributed by atoms with E-state index >= 15 is 0 Å². The lowest BCUT2D eigenvalue weighted by Gasteiger charge is -2.23. The van der Waals surface area contributed by atoms with Gasteiger partial charge in [0.25, 0.3) is 5.56 Å². The SMILES string of the molecule is Nc1n[nH]c(=O)c2c1c(-c1ccc(-n3cc4ccccc4n3)cc1)nn2[C@@H]1CCCNC1. The highest BCUT2D eigenvalue weighted by Gasteiger charge is 2.24. The average molecular weight is 426 g/mol. The van der Waals surface area contributed by atoms with Gasteiger partial charge in [-0.2, -0.15) is 15.3 Å². The van der Waals surface area contributed by atoms with Crippen molar-refractivity contribution in [3.8, 4) is 16.9 Å². The van der Waals surface area contributed by atoms with Crippen molar-refractivity contribution in [1.82, 2.24) is 35.1 Å². The highest BCUT2D eigenvalue weighted by molar-refractivity contribution is 5.99. The molecule has 0 saturated carbocycles. The van der Waals surface area contributed by atoms with E-state index in [-0.39, 0.29) is 17.4 Å². The molecule has 1 atom stereocenters. The van der Waals surface area contributed by atoms with Crippen molar-refractivity contribution >= 4 is 27.6 Å². The molecule has 0 amide bonds. The molecule has 9 nitrogen and oxygen atoms in total. The lowest BCUT2D eigenvalue weighted by atomic mass is 10.1. The number of hydrogen-bond acceptors (Lipinski definition) is 6. The summed E-state index contributed by atoms with van der Waals surface area (Å²) >= 11 is 0. The number of aromatic amines is 1. The van der Waals surface area contributed by atoms with Gasteiger partial charge in [0.1, 0.15) is 11.2 Å². The Morgan fingerprint density at radius 2 is 1.91 bits per heavy atom. The molecular weight excluding hydrogens is 404 g/mol. The molecule has 32 heavy (non-hydrogen) atoms. The third-order valence-electron chi connectivity index (χ3n) is 6.10. The summed E-state index contributed by atoms with van der Waals surface area (Å²) in [6.45, 7) is 1.75. The summed E-state index contributed by atoms with van der Waals surface area (Å²) in [7, 11) is 0. The summed E-state index contributed by atoms with van der Waals surface area (Å²) in [5.41, 5.74) is 9.82. The van der Waals surface area contributed by atoms with E-state index in [1.54, 1.807) is 0 Å². The monoisotopic (exact) mass is 426 g/mol. The number of fused-ring (bicyclic) bond motifs is 2. The number of hydrogen-bond donors (Lipinski definition) is 3. The molecule has 1 aliphatic rings.